The van der Waals surface area contributed by atoms with Crippen molar-refractivity contribution >= 4 is 34.8 Å². The number of phenols is 1. The smallest absolute Gasteiger partial charge is 0.255 e. The zero-order valence-electron chi connectivity index (χ0n) is 21.8. The van der Waals surface area contributed by atoms with Crippen LogP contribution in [0.15, 0.2) is 23.0 Å². The highest BCUT2D eigenvalue weighted by Gasteiger charge is 2.64. The van der Waals surface area contributed by atoms with Gasteiger partial charge in [-0.15, -0.1) is 0 Å². The Morgan fingerprint density at radius 3 is 2.55 bits per heavy atom. The number of Topliss-reactive ketones (excluding diaryl/α,β-unsaturated/α-hetero) is 2. The third-order valence-electron chi connectivity index (χ3n) is 9.14. The zero-order chi connectivity index (χ0) is 29.0. The summed E-state index contributed by atoms with van der Waals surface area (Å²) in [6.45, 7) is 0.775. The summed E-state index contributed by atoms with van der Waals surface area (Å²) in [5.41, 5.74) is 0.649. The number of benzene rings is 1. The second-order valence-electron chi connectivity index (χ2n) is 11.4. The number of primary amides is 1. The van der Waals surface area contributed by atoms with E-state index in [0.29, 0.717) is 13.0 Å². The Balaban J connectivity index is 1.53. The van der Waals surface area contributed by atoms with Crippen LogP contribution in [-0.4, -0.2) is 98.6 Å². The van der Waals surface area contributed by atoms with Gasteiger partial charge in [-0.1, -0.05) is 0 Å². The number of nitrogens with two attached hydrogens (primary N) is 1. The van der Waals surface area contributed by atoms with Crippen LogP contribution in [0.3, 0.4) is 0 Å². The number of ketones is 2. The highest BCUT2D eigenvalue weighted by Crippen LogP contribution is 2.54. The summed E-state index contributed by atoms with van der Waals surface area (Å²) in [7, 11) is 3.00. The number of hydrogen-bond donors (Lipinski definition) is 5. The number of amides is 2. The number of carbonyl (C=O) groups is 4. The van der Waals surface area contributed by atoms with Gasteiger partial charge in [0.15, 0.2) is 17.1 Å². The van der Waals surface area contributed by atoms with Crippen LogP contribution < -0.4 is 10.6 Å². The van der Waals surface area contributed by atoms with Gasteiger partial charge in [0.25, 0.3) is 5.91 Å². The summed E-state index contributed by atoms with van der Waals surface area (Å²) in [4.78, 5) is 56.6. The molecule has 1 aromatic rings. The first-order chi connectivity index (χ1) is 18.8. The van der Waals surface area contributed by atoms with Gasteiger partial charge in [0.1, 0.15) is 22.9 Å². The molecule has 5 atom stereocenters. The van der Waals surface area contributed by atoms with Crippen molar-refractivity contribution in [3.05, 3.63) is 39.9 Å². The van der Waals surface area contributed by atoms with Crippen LogP contribution in [0, 0.1) is 17.7 Å². The molecule has 1 saturated carbocycles. The van der Waals surface area contributed by atoms with E-state index in [-0.39, 0.29) is 53.8 Å². The molecule has 0 aromatic heterocycles. The predicted molar refractivity (Wildman–Crippen MR) is 136 cm³/mol. The first-order valence-electron chi connectivity index (χ1n) is 13.1. The molecule has 12 nitrogen and oxygen atoms in total. The van der Waals surface area contributed by atoms with E-state index >= 15 is 4.39 Å². The normalized spacial score (nSPS) is 32.0. The Morgan fingerprint density at radius 1 is 1.20 bits per heavy atom. The number of hydrogen-bond acceptors (Lipinski definition) is 10. The fourth-order valence-electron chi connectivity index (χ4n) is 7.43. The van der Waals surface area contributed by atoms with Crippen molar-refractivity contribution in [3.8, 4) is 5.75 Å². The average Bonchev–Trinajstić information content (AvgIpc) is 3.43. The molecule has 2 amide bonds. The molecule has 6 rings (SSSR count). The maximum atomic E-state index is 15.7. The molecular formula is C27H29FN4O8. The lowest BCUT2D eigenvalue weighted by molar-refractivity contribution is -0.153. The van der Waals surface area contributed by atoms with Gasteiger partial charge < -0.3 is 26.2 Å². The van der Waals surface area contributed by atoms with Crippen LogP contribution in [0.2, 0.25) is 0 Å². The monoisotopic (exact) mass is 556 g/mol. The fraction of sp³-hybridized carbons (Fsp3) is 0.481. The summed E-state index contributed by atoms with van der Waals surface area (Å²) in [6, 6.07) is -0.179. The maximum absolute atomic E-state index is 15.7. The van der Waals surface area contributed by atoms with Gasteiger partial charge in [-0.25, -0.2) is 4.39 Å². The Hall–Kier alpha value is -3.81. The molecule has 40 heavy (non-hydrogen) atoms. The van der Waals surface area contributed by atoms with E-state index in [9.17, 15) is 39.6 Å². The summed E-state index contributed by atoms with van der Waals surface area (Å²) in [5.74, 6) is -9.25. The molecule has 3 aliphatic carbocycles. The number of aliphatic hydroxyl groups is 3. The van der Waals surface area contributed by atoms with E-state index in [1.165, 1.54) is 23.9 Å². The number of halogens is 1. The van der Waals surface area contributed by atoms with E-state index in [4.69, 9.17) is 5.73 Å². The summed E-state index contributed by atoms with van der Waals surface area (Å²) < 4.78 is 15.7. The average molecular weight is 557 g/mol. The number of anilines is 1. The lowest BCUT2D eigenvalue weighted by Gasteiger charge is -2.50. The summed E-state index contributed by atoms with van der Waals surface area (Å²) in [6.07, 6.45) is 0.740. The van der Waals surface area contributed by atoms with Crippen molar-refractivity contribution < 1.29 is 44.0 Å². The minimum atomic E-state index is -2.79. The Bertz CT molecular complexity index is 1480. The van der Waals surface area contributed by atoms with Crippen LogP contribution in [-0.2, 0) is 25.6 Å². The molecule has 13 heteroatoms. The second kappa shape index (κ2) is 8.59. The zero-order valence-corrected chi connectivity index (χ0v) is 21.8. The molecule has 0 radical (unpaired) electrons. The molecule has 212 valence electrons. The number of aromatic hydroxyl groups is 1. The summed E-state index contributed by atoms with van der Waals surface area (Å²) in [5, 5.41) is 45.3. The van der Waals surface area contributed by atoms with Gasteiger partial charge >= 0.3 is 0 Å². The van der Waals surface area contributed by atoms with E-state index < -0.39 is 69.6 Å². The van der Waals surface area contributed by atoms with E-state index in [1.807, 2.05) is 4.90 Å². The minimum absolute atomic E-state index is 0.0817. The third-order valence-corrected chi connectivity index (χ3v) is 9.14. The molecule has 6 N–H and O–H groups in total. The fourth-order valence-corrected chi connectivity index (χ4v) is 7.43. The highest BCUT2D eigenvalue weighted by atomic mass is 19.1. The second-order valence-corrected chi connectivity index (χ2v) is 11.4. The number of carbonyl (C=O) groups excluding carboxylic acids is 4. The van der Waals surface area contributed by atoms with Crippen LogP contribution in [0.1, 0.15) is 30.4 Å². The predicted octanol–water partition coefficient (Wildman–Crippen LogP) is -0.128. The number of nitrogens with zero attached hydrogens (tertiary/aromatic N) is 3. The molecule has 2 saturated heterocycles. The maximum Gasteiger partial charge on any atom is 0.255 e. The standard InChI is InChI=1S/C27H29FN4O8/c1-30(2)20-12-7-10-6-11-13(28)8-14(32-15-4-3-5-31(15)9-16(32)33)21(34)18(11)22(35)17(10)24(37)27(12,40)25(38)19(23(20)36)26(29)39/h8,10,12,15,20,34-35,38,40H,3-7,9H2,1-2H3,(H2,29,39)/t10-,12-,15?,20-,27-/m0/s1. The Morgan fingerprint density at radius 2 is 1.90 bits per heavy atom. The first-order valence-corrected chi connectivity index (χ1v) is 13.1. The molecule has 1 unspecified atom stereocenters. The van der Waals surface area contributed by atoms with Crippen molar-refractivity contribution in [1.29, 1.82) is 0 Å². The van der Waals surface area contributed by atoms with Gasteiger partial charge in [0.05, 0.1) is 30.0 Å². The molecule has 2 heterocycles. The van der Waals surface area contributed by atoms with Gasteiger partial charge in [0, 0.05) is 29.7 Å². The van der Waals surface area contributed by atoms with Crippen molar-refractivity contribution in [2.45, 2.75) is 43.5 Å². The third kappa shape index (κ3) is 3.22. The van der Waals surface area contributed by atoms with Gasteiger partial charge in [-0.05, 0) is 45.7 Å². The molecule has 0 bridgehead atoms. The number of rotatable bonds is 3. The number of fused-ring (bicyclic) bond motifs is 4. The lowest BCUT2D eigenvalue weighted by Crippen LogP contribution is -2.65. The molecule has 5 aliphatic rings. The molecule has 2 aliphatic heterocycles. The van der Waals surface area contributed by atoms with Gasteiger partial charge in [-0.3, -0.25) is 33.9 Å². The van der Waals surface area contributed by atoms with Crippen molar-refractivity contribution in [2.24, 2.45) is 17.6 Å². The number of likely N-dealkylation sites (N-methyl/N-ethyl adjacent to an activating group) is 1. The SMILES string of the molecule is CN(C)[C@@H]1C(=O)C(C(N)=O)=C(O)[C@@]2(O)C(=O)C3=C(O)c4c(O)c(N5C(=O)CN6CCCC65)cc(F)c4C[C@H]3C[C@@H]12. The Kier molecular flexibility index (Phi) is 5.67. The molecule has 0 spiro atoms. The van der Waals surface area contributed by atoms with Crippen LogP contribution in [0.25, 0.3) is 5.76 Å². The lowest BCUT2D eigenvalue weighted by atomic mass is 9.57. The van der Waals surface area contributed by atoms with Crippen molar-refractivity contribution in [3.63, 3.8) is 0 Å². The van der Waals surface area contributed by atoms with Crippen LogP contribution in [0.5, 0.6) is 5.75 Å². The van der Waals surface area contributed by atoms with E-state index in [1.54, 1.807) is 0 Å². The molecule has 3 fully saturated rings. The largest absolute Gasteiger partial charge is 0.508 e. The van der Waals surface area contributed by atoms with Gasteiger partial charge in [-0.2, -0.15) is 0 Å². The molecular weight excluding hydrogens is 527 g/mol. The first kappa shape index (κ1) is 26.4. The van der Waals surface area contributed by atoms with Crippen molar-refractivity contribution in [2.75, 3.05) is 32.1 Å². The highest BCUT2D eigenvalue weighted by molar-refractivity contribution is 6.24. The number of aliphatic hydroxyl groups excluding tert-OH is 2. The van der Waals surface area contributed by atoms with Crippen molar-refractivity contribution in [1.82, 2.24) is 9.80 Å². The van der Waals surface area contributed by atoms with Crippen LogP contribution >= 0.6 is 0 Å². The van der Waals surface area contributed by atoms with Gasteiger partial charge in [0.2, 0.25) is 11.7 Å². The molecule has 1 aromatic carbocycles. The van der Waals surface area contributed by atoms with E-state index in [0.717, 1.165) is 12.5 Å². The summed E-state index contributed by atoms with van der Waals surface area (Å²) >= 11 is 0. The Labute approximate surface area is 227 Å². The quantitative estimate of drug-likeness (QED) is 0.314. The topological polar surface area (TPSA) is 185 Å². The van der Waals surface area contributed by atoms with E-state index in [2.05, 4.69) is 0 Å². The number of phenolic OH excluding ortho intramolecular Hbond substituents is 1. The van der Waals surface area contributed by atoms with Crippen LogP contribution in [0.4, 0.5) is 10.1 Å². The minimum Gasteiger partial charge on any atom is -0.508 e.